The molecule has 2 heterocycles. The summed E-state index contributed by atoms with van der Waals surface area (Å²) in [7, 11) is 0. The van der Waals surface area contributed by atoms with Crippen molar-refractivity contribution in [1.82, 2.24) is 4.90 Å². The lowest BCUT2D eigenvalue weighted by Crippen LogP contribution is -2.42. The lowest BCUT2D eigenvalue weighted by Gasteiger charge is -2.35. The zero-order valence-corrected chi connectivity index (χ0v) is 13.8. The Morgan fingerprint density at radius 1 is 1.38 bits per heavy atom. The molecule has 5 heteroatoms. The van der Waals surface area contributed by atoms with E-state index in [-0.39, 0.29) is 5.91 Å². The molecule has 2 aromatic rings. The lowest BCUT2D eigenvalue weighted by molar-refractivity contribution is 0.0633. The Morgan fingerprint density at radius 3 is 2.86 bits per heavy atom. The maximum Gasteiger partial charge on any atom is 0.266 e. The topological polar surface area (TPSA) is 46.3 Å². The fourth-order valence-corrected chi connectivity index (χ4v) is 4.21. The van der Waals surface area contributed by atoms with Gasteiger partial charge in [0.25, 0.3) is 5.91 Å². The minimum atomic E-state index is 0.0589. The van der Waals surface area contributed by atoms with E-state index >= 15 is 0 Å². The second kappa shape index (κ2) is 5.50. The van der Waals surface area contributed by atoms with E-state index in [1.165, 1.54) is 11.3 Å². The van der Waals surface area contributed by atoms with Crippen LogP contribution in [0.1, 0.15) is 29.9 Å². The third-order valence-corrected chi connectivity index (χ3v) is 5.90. The van der Waals surface area contributed by atoms with Gasteiger partial charge in [0.2, 0.25) is 0 Å². The standard InChI is InChI=1S/C16H19ClN2OS/c1-9-5-6-19(8-10(9)2)16(20)15-14(18)12-4-3-11(17)7-13(12)21-15/h3-4,7,9-10H,5-6,8,18H2,1-2H3. The van der Waals surface area contributed by atoms with Crippen LogP contribution >= 0.6 is 22.9 Å². The number of piperidine rings is 1. The van der Waals surface area contributed by atoms with Crippen molar-refractivity contribution in [2.75, 3.05) is 18.8 Å². The van der Waals surface area contributed by atoms with Gasteiger partial charge in [-0.3, -0.25) is 4.79 Å². The second-order valence-electron chi connectivity index (χ2n) is 5.98. The van der Waals surface area contributed by atoms with Gasteiger partial charge in [0.15, 0.2) is 0 Å². The molecule has 0 radical (unpaired) electrons. The number of hydrogen-bond acceptors (Lipinski definition) is 3. The van der Waals surface area contributed by atoms with Gasteiger partial charge < -0.3 is 10.6 Å². The van der Waals surface area contributed by atoms with Crippen molar-refractivity contribution in [3.63, 3.8) is 0 Å². The first kappa shape index (κ1) is 14.7. The Labute approximate surface area is 133 Å². The van der Waals surface area contributed by atoms with E-state index in [0.29, 0.717) is 27.4 Å². The smallest absolute Gasteiger partial charge is 0.266 e. The number of carbonyl (C=O) groups is 1. The molecule has 1 aromatic heterocycles. The Balaban J connectivity index is 1.93. The number of fused-ring (bicyclic) bond motifs is 1. The highest BCUT2D eigenvalue weighted by Gasteiger charge is 2.28. The molecule has 2 unspecified atom stereocenters. The quantitative estimate of drug-likeness (QED) is 0.853. The predicted molar refractivity (Wildman–Crippen MR) is 90.1 cm³/mol. The molecular weight excluding hydrogens is 304 g/mol. The summed E-state index contributed by atoms with van der Waals surface area (Å²) in [6.45, 7) is 6.09. The van der Waals surface area contributed by atoms with Gasteiger partial charge in [-0.15, -0.1) is 11.3 Å². The number of nitrogens with two attached hydrogens (primary N) is 1. The number of thiophene rings is 1. The van der Waals surface area contributed by atoms with Crippen LogP contribution in [0.25, 0.3) is 10.1 Å². The number of nitrogen functional groups attached to an aromatic ring is 1. The van der Waals surface area contributed by atoms with Crippen LogP contribution in [-0.2, 0) is 0 Å². The first-order chi connectivity index (χ1) is 9.97. The Bertz CT molecular complexity index is 697. The van der Waals surface area contributed by atoms with Gasteiger partial charge in [-0.05, 0) is 36.5 Å². The highest BCUT2D eigenvalue weighted by atomic mass is 35.5. The molecule has 0 saturated carbocycles. The fraction of sp³-hybridized carbons (Fsp3) is 0.438. The molecule has 112 valence electrons. The summed E-state index contributed by atoms with van der Waals surface area (Å²) < 4.78 is 0.974. The average Bonchev–Trinajstić information content (AvgIpc) is 2.77. The molecule has 2 N–H and O–H groups in total. The van der Waals surface area contributed by atoms with Crippen LogP contribution in [-0.4, -0.2) is 23.9 Å². The third kappa shape index (κ3) is 2.62. The molecule has 0 bridgehead atoms. The number of amides is 1. The maximum absolute atomic E-state index is 12.8. The average molecular weight is 323 g/mol. The number of likely N-dealkylation sites (tertiary alicyclic amines) is 1. The molecule has 1 aliphatic heterocycles. The maximum atomic E-state index is 12.8. The van der Waals surface area contributed by atoms with Gasteiger partial charge in [-0.2, -0.15) is 0 Å². The Kier molecular flexibility index (Phi) is 3.84. The van der Waals surface area contributed by atoms with Gasteiger partial charge in [-0.25, -0.2) is 0 Å². The zero-order chi connectivity index (χ0) is 15.1. The van der Waals surface area contributed by atoms with E-state index in [4.69, 9.17) is 17.3 Å². The van der Waals surface area contributed by atoms with E-state index in [1.807, 2.05) is 23.1 Å². The largest absolute Gasteiger partial charge is 0.397 e. The normalized spacial score (nSPS) is 22.7. The molecular formula is C16H19ClN2OS. The number of hydrogen-bond donors (Lipinski definition) is 1. The van der Waals surface area contributed by atoms with E-state index in [1.54, 1.807) is 0 Å². The van der Waals surface area contributed by atoms with Gasteiger partial charge >= 0.3 is 0 Å². The fourth-order valence-electron chi connectivity index (χ4n) is 2.84. The molecule has 1 aromatic carbocycles. The van der Waals surface area contributed by atoms with Gasteiger partial charge in [-0.1, -0.05) is 25.4 Å². The summed E-state index contributed by atoms with van der Waals surface area (Å²) in [6.07, 6.45) is 1.06. The van der Waals surface area contributed by atoms with E-state index in [0.717, 1.165) is 29.6 Å². The summed E-state index contributed by atoms with van der Waals surface area (Å²) in [5.74, 6) is 1.27. The molecule has 1 amide bonds. The first-order valence-electron chi connectivity index (χ1n) is 7.24. The molecule has 3 rings (SSSR count). The van der Waals surface area contributed by atoms with Crippen molar-refractivity contribution >= 4 is 44.6 Å². The number of benzene rings is 1. The molecule has 1 saturated heterocycles. The van der Waals surface area contributed by atoms with Crippen LogP contribution < -0.4 is 5.73 Å². The SMILES string of the molecule is CC1CCN(C(=O)c2sc3cc(Cl)ccc3c2N)CC1C. The lowest BCUT2D eigenvalue weighted by atomic mass is 9.88. The monoisotopic (exact) mass is 322 g/mol. The van der Waals surface area contributed by atoms with E-state index < -0.39 is 0 Å². The molecule has 0 aliphatic carbocycles. The Hall–Kier alpha value is -1.26. The number of anilines is 1. The molecule has 21 heavy (non-hydrogen) atoms. The van der Waals surface area contributed by atoms with Crippen molar-refractivity contribution in [2.24, 2.45) is 11.8 Å². The van der Waals surface area contributed by atoms with Gasteiger partial charge in [0, 0.05) is 28.2 Å². The number of nitrogens with zero attached hydrogens (tertiary/aromatic N) is 1. The second-order valence-corrected chi connectivity index (χ2v) is 7.47. The highest BCUT2D eigenvalue weighted by Crippen LogP contribution is 2.36. The highest BCUT2D eigenvalue weighted by molar-refractivity contribution is 7.21. The van der Waals surface area contributed by atoms with Crippen molar-refractivity contribution < 1.29 is 4.79 Å². The minimum absolute atomic E-state index is 0.0589. The first-order valence-corrected chi connectivity index (χ1v) is 8.43. The van der Waals surface area contributed by atoms with Crippen LogP contribution in [0.4, 0.5) is 5.69 Å². The summed E-state index contributed by atoms with van der Waals surface area (Å²) in [5.41, 5.74) is 6.76. The van der Waals surface area contributed by atoms with Crippen LogP contribution in [0.15, 0.2) is 18.2 Å². The van der Waals surface area contributed by atoms with Crippen LogP contribution in [0.3, 0.4) is 0 Å². The molecule has 1 aliphatic rings. The Morgan fingerprint density at radius 2 is 2.14 bits per heavy atom. The summed E-state index contributed by atoms with van der Waals surface area (Å²) in [5, 5.41) is 1.59. The van der Waals surface area contributed by atoms with Crippen molar-refractivity contribution in [1.29, 1.82) is 0 Å². The molecule has 1 fully saturated rings. The van der Waals surface area contributed by atoms with Crippen molar-refractivity contribution in [3.05, 3.63) is 28.1 Å². The summed E-state index contributed by atoms with van der Waals surface area (Å²) in [6, 6.07) is 5.57. The summed E-state index contributed by atoms with van der Waals surface area (Å²) in [4.78, 5) is 15.3. The number of rotatable bonds is 1. The van der Waals surface area contributed by atoms with Crippen molar-refractivity contribution in [3.8, 4) is 0 Å². The van der Waals surface area contributed by atoms with Crippen molar-refractivity contribution in [2.45, 2.75) is 20.3 Å². The zero-order valence-electron chi connectivity index (χ0n) is 12.2. The van der Waals surface area contributed by atoms with E-state index in [9.17, 15) is 4.79 Å². The van der Waals surface area contributed by atoms with E-state index in [2.05, 4.69) is 13.8 Å². The third-order valence-electron chi connectivity index (χ3n) is 4.51. The molecule has 0 spiro atoms. The predicted octanol–water partition coefficient (Wildman–Crippen LogP) is 4.26. The van der Waals surface area contributed by atoms with Gasteiger partial charge in [0.1, 0.15) is 4.88 Å². The van der Waals surface area contributed by atoms with Crippen LogP contribution in [0.5, 0.6) is 0 Å². The molecule has 3 nitrogen and oxygen atoms in total. The van der Waals surface area contributed by atoms with Crippen LogP contribution in [0, 0.1) is 11.8 Å². The number of halogens is 1. The van der Waals surface area contributed by atoms with Crippen LogP contribution in [0.2, 0.25) is 5.02 Å². The molecule has 2 atom stereocenters. The van der Waals surface area contributed by atoms with Gasteiger partial charge in [0.05, 0.1) is 5.69 Å². The summed E-state index contributed by atoms with van der Waals surface area (Å²) >= 11 is 7.46. The minimum Gasteiger partial charge on any atom is -0.397 e. The number of carbonyl (C=O) groups excluding carboxylic acids is 1.